The molecule has 1 aromatic rings. The third kappa shape index (κ3) is 2.41. The van der Waals surface area contributed by atoms with Crippen LogP contribution in [0.5, 0.6) is 0 Å². The molecule has 2 atom stereocenters. The molecule has 1 aliphatic rings. The van der Waals surface area contributed by atoms with Crippen molar-refractivity contribution < 1.29 is 0 Å². The zero-order valence-electron chi connectivity index (χ0n) is 9.53. The van der Waals surface area contributed by atoms with Crippen LogP contribution in [-0.4, -0.2) is 16.1 Å². The topological polar surface area (TPSA) is 29.9 Å². The summed E-state index contributed by atoms with van der Waals surface area (Å²) in [6, 6.07) is 0. The fourth-order valence-electron chi connectivity index (χ4n) is 1.87. The standard InChI is InChI=1S/C12H19N3/c1-4-5-15-8-10(3)14-12(15)13-7-11-6-9(11)2/h4,8-9,11H,1,5-7H2,2-3H3,(H,13,14). The fourth-order valence-corrected chi connectivity index (χ4v) is 1.87. The average molecular weight is 205 g/mol. The number of rotatable bonds is 5. The number of aryl methyl sites for hydroxylation is 1. The van der Waals surface area contributed by atoms with Crippen molar-refractivity contribution in [2.24, 2.45) is 11.8 Å². The van der Waals surface area contributed by atoms with Crippen molar-refractivity contribution in [2.45, 2.75) is 26.8 Å². The molecule has 0 spiro atoms. The minimum absolute atomic E-state index is 0.823. The van der Waals surface area contributed by atoms with Gasteiger partial charge in [-0.2, -0.15) is 0 Å². The third-order valence-corrected chi connectivity index (χ3v) is 3.02. The lowest BCUT2D eigenvalue weighted by Gasteiger charge is -2.06. The molecule has 1 aromatic heterocycles. The quantitative estimate of drug-likeness (QED) is 0.748. The van der Waals surface area contributed by atoms with E-state index in [1.807, 2.05) is 13.0 Å². The van der Waals surface area contributed by atoms with E-state index in [2.05, 4.69) is 34.6 Å². The first kappa shape index (κ1) is 10.3. The van der Waals surface area contributed by atoms with Crippen LogP contribution in [0.1, 0.15) is 19.0 Å². The maximum absolute atomic E-state index is 4.46. The van der Waals surface area contributed by atoms with Gasteiger partial charge in [0.05, 0.1) is 5.69 Å². The smallest absolute Gasteiger partial charge is 0.203 e. The zero-order valence-corrected chi connectivity index (χ0v) is 9.53. The molecule has 0 saturated heterocycles. The summed E-state index contributed by atoms with van der Waals surface area (Å²) in [7, 11) is 0. The number of hydrogen-bond donors (Lipinski definition) is 1. The monoisotopic (exact) mass is 205 g/mol. The van der Waals surface area contributed by atoms with Crippen LogP contribution >= 0.6 is 0 Å². The Hall–Kier alpha value is -1.25. The lowest BCUT2D eigenvalue weighted by Crippen LogP contribution is -2.10. The highest BCUT2D eigenvalue weighted by atomic mass is 15.2. The normalized spacial score (nSPS) is 23.9. The maximum Gasteiger partial charge on any atom is 0.203 e. The number of allylic oxidation sites excluding steroid dienone is 1. The average Bonchev–Trinajstić information content (AvgIpc) is 2.77. The zero-order chi connectivity index (χ0) is 10.8. The van der Waals surface area contributed by atoms with E-state index < -0.39 is 0 Å². The van der Waals surface area contributed by atoms with Gasteiger partial charge in [0.15, 0.2) is 0 Å². The van der Waals surface area contributed by atoms with Gasteiger partial charge in [0.1, 0.15) is 0 Å². The maximum atomic E-state index is 4.46. The molecular formula is C12H19N3. The van der Waals surface area contributed by atoms with Crippen molar-refractivity contribution in [2.75, 3.05) is 11.9 Å². The van der Waals surface area contributed by atoms with E-state index >= 15 is 0 Å². The number of nitrogens with one attached hydrogen (secondary N) is 1. The van der Waals surface area contributed by atoms with E-state index in [4.69, 9.17) is 0 Å². The second-order valence-corrected chi connectivity index (χ2v) is 4.50. The van der Waals surface area contributed by atoms with E-state index in [0.29, 0.717) is 0 Å². The molecule has 0 aromatic carbocycles. The first-order valence-electron chi connectivity index (χ1n) is 5.59. The predicted octanol–water partition coefficient (Wildman–Crippen LogP) is 2.45. The largest absolute Gasteiger partial charge is 0.355 e. The molecule has 0 bridgehead atoms. The predicted molar refractivity (Wildman–Crippen MR) is 62.9 cm³/mol. The summed E-state index contributed by atoms with van der Waals surface area (Å²) in [5.74, 6) is 2.71. The molecule has 82 valence electrons. The van der Waals surface area contributed by atoms with Crippen molar-refractivity contribution in [3.05, 3.63) is 24.5 Å². The second kappa shape index (κ2) is 4.09. The lowest BCUT2D eigenvalue weighted by atomic mass is 10.3. The highest BCUT2D eigenvalue weighted by molar-refractivity contribution is 5.29. The Kier molecular flexibility index (Phi) is 2.80. The minimum atomic E-state index is 0.823. The molecule has 15 heavy (non-hydrogen) atoms. The van der Waals surface area contributed by atoms with Crippen molar-refractivity contribution in [1.82, 2.24) is 9.55 Å². The molecule has 0 radical (unpaired) electrons. The number of hydrogen-bond acceptors (Lipinski definition) is 2. The van der Waals surface area contributed by atoms with Crippen molar-refractivity contribution >= 4 is 5.95 Å². The van der Waals surface area contributed by atoms with Gasteiger partial charge in [-0.05, 0) is 25.2 Å². The Bertz CT molecular complexity index is 354. The van der Waals surface area contributed by atoms with Gasteiger partial charge in [0.25, 0.3) is 0 Å². The van der Waals surface area contributed by atoms with Crippen LogP contribution in [0, 0.1) is 18.8 Å². The molecule has 0 amide bonds. The van der Waals surface area contributed by atoms with Crippen LogP contribution < -0.4 is 5.32 Å². The third-order valence-electron chi connectivity index (χ3n) is 3.02. The minimum Gasteiger partial charge on any atom is -0.355 e. The van der Waals surface area contributed by atoms with Crippen LogP contribution in [0.4, 0.5) is 5.95 Å². The summed E-state index contributed by atoms with van der Waals surface area (Å²) >= 11 is 0. The molecular weight excluding hydrogens is 186 g/mol. The number of anilines is 1. The van der Waals surface area contributed by atoms with E-state index in [-0.39, 0.29) is 0 Å². The van der Waals surface area contributed by atoms with Crippen LogP contribution in [0.2, 0.25) is 0 Å². The molecule has 3 nitrogen and oxygen atoms in total. The van der Waals surface area contributed by atoms with Gasteiger partial charge in [-0.25, -0.2) is 4.98 Å². The second-order valence-electron chi connectivity index (χ2n) is 4.50. The Balaban J connectivity index is 1.96. The first-order valence-corrected chi connectivity index (χ1v) is 5.59. The van der Waals surface area contributed by atoms with Crippen molar-refractivity contribution in [1.29, 1.82) is 0 Å². The molecule has 1 aliphatic carbocycles. The lowest BCUT2D eigenvalue weighted by molar-refractivity contribution is 0.760. The number of aromatic nitrogens is 2. The summed E-state index contributed by atoms with van der Waals surface area (Å²) in [5, 5.41) is 3.42. The van der Waals surface area contributed by atoms with E-state index in [0.717, 1.165) is 36.6 Å². The molecule has 1 saturated carbocycles. The summed E-state index contributed by atoms with van der Waals surface area (Å²) in [4.78, 5) is 4.46. The summed E-state index contributed by atoms with van der Waals surface area (Å²) in [6.07, 6.45) is 5.31. The molecule has 2 rings (SSSR count). The van der Waals surface area contributed by atoms with Gasteiger partial charge >= 0.3 is 0 Å². The SMILES string of the molecule is C=CCn1cc(C)nc1NCC1CC1C. The Morgan fingerprint density at radius 3 is 3.07 bits per heavy atom. The van der Waals surface area contributed by atoms with Gasteiger partial charge in [0, 0.05) is 19.3 Å². The van der Waals surface area contributed by atoms with Crippen LogP contribution in [0.25, 0.3) is 0 Å². The van der Waals surface area contributed by atoms with Gasteiger partial charge in [0.2, 0.25) is 5.95 Å². The highest BCUT2D eigenvalue weighted by Gasteiger charge is 2.32. The Morgan fingerprint density at radius 1 is 1.73 bits per heavy atom. The number of imidazole rings is 1. The van der Waals surface area contributed by atoms with Crippen LogP contribution in [0.15, 0.2) is 18.9 Å². The molecule has 0 aliphatic heterocycles. The summed E-state index contributed by atoms with van der Waals surface area (Å²) in [5.41, 5.74) is 1.06. The first-order chi connectivity index (χ1) is 7.20. The highest BCUT2D eigenvalue weighted by Crippen LogP contribution is 2.37. The molecule has 1 N–H and O–H groups in total. The van der Waals surface area contributed by atoms with E-state index in [1.54, 1.807) is 0 Å². The Morgan fingerprint density at radius 2 is 2.47 bits per heavy atom. The van der Waals surface area contributed by atoms with Gasteiger partial charge in [-0.1, -0.05) is 13.0 Å². The van der Waals surface area contributed by atoms with E-state index in [1.165, 1.54) is 6.42 Å². The molecule has 1 heterocycles. The molecule has 3 heteroatoms. The van der Waals surface area contributed by atoms with Gasteiger partial charge in [-0.3, -0.25) is 0 Å². The summed E-state index contributed by atoms with van der Waals surface area (Å²) < 4.78 is 2.11. The van der Waals surface area contributed by atoms with Crippen molar-refractivity contribution in [3.63, 3.8) is 0 Å². The molecule has 1 fully saturated rings. The molecule has 2 unspecified atom stereocenters. The fraction of sp³-hybridized carbons (Fsp3) is 0.583. The van der Waals surface area contributed by atoms with Crippen LogP contribution in [-0.2, 0) is 6.54 Å². The van der Waals surface area contributed by atoms with E-state index in [9.17, 15) is 0 Å². The van der Waals surface area contributed by atoms with Crippen molar-refractivity contribution in [3.8, 4) is 0 Å². The Labute approximate surface area is 91.2 Å². The van der Waals surface area contributed by atoms with Crippen LogP contribution in [0.3, 0.4) is 0 Å². The van der Waals surface area contributed by atoms with Gasteiger partial charge in [-0.15, -0.1) is 6.58 Å². The van der Waals surface area contributed by atoms with Gasteiger partial charge < -0.3 is 9.88 Å². The number of nitrogens with zero attached hydrogens (tertiary/aromatic N) is 2. The summed E-state index contributed by atoms with van der Waals surface area (Å²) in [6.45, 7) is 9.94.